The molecule has 3 aromatic rings. The van der Waals surface area contributed by atoms with Gasteiger partial charge in [0.2, 0.25) is 15.9 Å². The number of sulfonamides is 1. The maximum absolute atomic E-state index is 13.4. The van der Waals surface area contributed by atoms with E-state index < -0.39 is 10.0 Å². The number of aryl methyl sites for hydroxylation is 1. The molecule has 2 aromatic heterocycles. The summed E-state index contributed by atoms with van der Waals surface area (Å²) in [6.45, 7) is 2.47. The van der Waals surface area contributed by atoms with Crippen LogP contribution in [0.4, 0.5) is 0 Å². The van der Waals surface area contributed by atoms with Crippen LogP contribution in [-0.2, 0) is 21.4 Å². The fraction of sp³-hybridized carbons (Fsp3) is 0.333. The lowest BCUT2D eigenvalue weighted by atomic mass is 9.97. The number of benzene rings is 1. The van der Waals surface area contributed by atoms with E-state index in [-0.39, 0.29) is 41.3 Å². The van der Waals surface area contributed by atoms with Gasteiger partial charge >= 0.3 is 0 Å². The van der Waals surface area contributed by atoms with E-state index in [1.165, 1.54) is 16.6 Å². The highest BCUT2D eigenvalue weighted by atomic mass is 32.2. The van der Waals surface area contributed by atoms with Crippen molar-refractivity contribution in [1.82, 2.24) is 14.8 Å². The summed E-state index contributed by atoms with van der Waals surface area (Å²) in [5, 5.41) is 6.79. The predicted molar refractivity (Wildman–Crippen MR) is 125 cm³/mol. The minimum absolute atomic E-state index is 0.0382. The number of aromatic nitrogens is 1. The number of nitrogens with one attached hydrogen (secondary N) is 1. The zero-order valence-corrected chi connectivity index (χ0v) is 19.9. The number of rotatable bonds is 8. The first-order valence-corrected chi connectivity index (χ1v) is 12.4. The summed E-state index contributed by atoms with van der Waals surface area (Å²) in [4.78, 5) is 12.7. The summed E-state index contributed by atoms with van der Waals surface area (Å²) in [6, 6.07) is 11.0. The third-order valence-corrected chi connectivity index (χ3v) is 7.86. The Balaban J connectivity index is 1.38. The van der Waals surface area contributed by atoms with Gasteiger partial charge in [0.15, 0.2) is 10.7 Å². The number of amides is 1. The molecule has 180 valence electrons. The number of carbonyl (C=O) groups is 1. The molecule has 0 radical (unpaired) electrons. The van der Waals surface area contributed by atoms with E-state index in [0.717, 1.165) is 11.3 Å². The Morgan fingerprint density at radius 1 is 1.24 bits per heavy atom. The van der Waals surface area contributed by atoms with Crippen molar-refractivity contribution < 1.29 is 26.9 Å². The van der Waals surface area contributed by atoms with Crippen molar-refractivity contribution in [2.45, 2.75) is 31.2 Å². The number of carbonyl (C=O) groups excluding carboxylic acids is 1. The lowest BCUT2D eigenvalue weighted by Crippen LogP contribution is -2.43. The molecule has 0 unspecified atom stereocenters. The Hall–Kier alpha value is -3.37. The molecule has 0 spiro atoms. The van der Waals surface area contributed by atoms with Crippen LogP contribution in [0.25, 0.3) is 12.2 Å². The van der Waals surface area contributed by atoms with Crippen LogP contribution in [0.3, 0.4) is 0 Å². The van der Waals surface area contributed by atoms with E-state index in [9.17, 15) is 13.2 Å². The molecule has 0 bridgehead atoms. The number of ether oxygens (including phenoxy) is 1. The Bertz CT molecular complexity index is 1260. The van der Waals surface area contributed by atoms with Crippen LogP contribution in [0.2, 0.25) is 0 Å². The van der Waals surface area contributed by atoms with Gasteiger partial charge in [-0.3, -0.25) is 4.79 Å². The lowest BCUT2D eigenvalue weighted by molar-refractivity contribution is -0.126. The quantitative estimate of drug-likeness (QED) is 0.519. The number of piperidine rings is 1. The van der Waals surface area contributed by atoms with Gasteiger partial charge in [-0.1, -0.05) is 17.3 Å². The van der Waals surface area contributed by atoms with Crippen LogP contribution < -0.4 is 10.1 Å². The number of nitrogens with zero attached hydrogens (tertiary/aromatic N) is 2. The smallest absolute Gasteiger partial charge is 0.248 e. The molecular weight excluding hydrogens is 458 g/mol. The molecule has 1 amide bonds. The van der Waals surface area contributed by atoms with Crippen molar-refractivity contribution in [3.05, 3.63) is 65.4 Å². The van der Waals surface area contributed by atoms with Gasteiger partial charge in [0.1, 0.15) is 17.2 Å². The molecule has 9 nitrogen and oxygen atoms in total. The Morgan fingerprint density at radius 3 is 2.74 bits per heavy atom. The first-order valence-electron chi connectivity index (χ1n) is 11.0. The van der Waals surface area contributed by atoms with Gasteiger partial charge in [-0.05, 0) is 61.7 Å². The molecule has 1 fully saturated rings. The molecule has 0 saturated carbocycles. The maximum atomic E-state index is 13.4. The molecule has 1 saturated heterocycles. The molecule has 10 heteroatoms. The topological polar surface area (TPSA) is 115 Å². The summed E-state index contributed by atoms with van der Waals surface area (Å²) < 4.78 is 43.8. The van der Waals surface area contributed by atoms with Gasteiger partial charge in [0.05, 0.1) is 13.4 Å². The molecule has 0 aliphatic carbocycles. The molecule has 1 aliphatic heterocycles. The van der Waals surface area contributed by atoms with E-state index in [4.69, 9.17) is 13.7 Å². The van der Waals surface area contributed by atoms with Crippen molar-refractivity contribution in [3.63, 3.8) is 0 Å². The Labute approximate surface area is 198 Å². The van der Waals surface area contributed by atoms with Crippen LogP contribution in [0.1, 0.15) is 35.6 Å². The third kappa shape index (κ3) is 5.23. The van der Waals surface area contributed by atoms with Crippen LogP contribution in [0, 0.1) is 12.8 Å². The summed E-state index contributed by atoms with van der Waals surface area (Å²) in [5.74, 6) is 1.11. The highest BCUT2D eigenvalue weighted by Crippen LogP contribution is 2.29. The highest BCUT2D eigenvalue weighted by Gasteiger charge is 2.35. The second-order valence-electron chi connectivity index (χ2n) is 8.06. The molecule has 1 N–H and O–H groups in total. The fourth-order valence-electron chi connectivity index (χ4n) is 3.95. The van der Waals surface area contributed by atoms with Gasteiger partial charge in [0, 0.05) is 25.6 Å². The van der Waals surface area contributed by atoms with Crippen LogP contribution >= 0.6 is 0 Å². The minimum Gasteiger partial charge on any atom is -0.497 e. The van der Waals surface area contributed by atoms with Gasteiger partial charge in [-0.2, -0.15) is 4.31 Å². The van der Waals surface area contributed by atoms with Gasteiger partial charge in [-0.25, -0.2) is 8.42 Å². The van der Waals surface area contributed by atoms with E-state index in [1.54, 1.807) is 32.2 Å². The number of hydrogen-bond acceptors (Lipinski definition) is 7. The number of hydrogen-bond donors (Lipinski definition) is 1. The van der Waals surface area contributed by atoms with Gasteiger partial charge < -0.3 is 19.0 Å². The average Bonchev–Trinajstić information content (AvgIpc) is 3.51. The normalized spacial score (nSPS) is 15.6. The minimum atomic E-state index is -3.83. The number of furan rings is 1. The van der Waals surface area contributed by atoms with Crippen molar-refractivity contribution in [3.8, 4) is 5.75 Å². The van der Waals surface area contributed by atoms with Crippen molar-refractivity contribution in [2.24, 2.45) is 5.92 Å². The van der Waals surface area contributed by atoms with Crippen LogP contribution in [0.5, 0.6) is 5.75 Å². The molecule has 4 rings (SSSR count). The zero-order valence-electron chi connectivity index (χ0n) is 19.1. The third-order valence-electron chi connectivity index (χ3n) is 5.80. The second kappa shape index (κ2) is 10.3. The van der Waals surface area contributed by atoms with Gasteiger partial charge in [0.25, 0.3) is 0 Å². The molecule has 0 atom stereocenters. The van der Waals surface area contributed by atoms with E-state index in [1.807, 2.05) is 24.3 Å². The van der Waals surface area contributed by atoms with Gasteiger partial charge in [-0.15, -0.1) is 0 Å². The monoisotopic (exact) mass is 485 g/mol. The predicted octanol–water partition coefficient (Wildman–Crippen LogP) is 3.47. The van der Waals surface area contributed by atoms with E-state index >= 15 is 0 Å². The van der Waals surface area contributed by atoms with Crippen LogP contribution in [-0.4, -0.2) is 44.0 Å². The Kier molecular flexibility index (Phi) is 7.18. The number of methoxy groups -OCH3 is 1. The molecular formula is C24H27N3O6S. The summed E-state index contributed by atoms with van der Waals surface area (Å²) >= 11 is 0. The largest absolute Gasteiger partial charge is 0.497 e. The second-order valence-corrected chi connectivity index (χ2v) is 9.93. The maximum Gasteiger partial charge on any atom is 0.248 e. The standard InChI is InChI=1S/C24H27N3O6S/c1-17-23(22(33-26-17)9-8-20-7-4-14-32-20)34(29,30)27-12-10-19(11-13-27)24(28)25-16-18-5-3-6-21(15-18)31-2/h3-9,14-15,19H,10-13,16H2,1-2H3,(H,25,28)/b9-8+. The first kappa shape index (κ1) is 23.8. The van der Waals surface area contributed by atoms with E-state index in [2.05, 4.69) is 10.5 Å². The summed E-state index contributed by atoms with van der Waals surface area (Å²) in [6.07, 6.45) is 5.55. The van der Waals surface area contributed by atoms with Crippen molar-refractivity contribution in [1.29, 1.82) is 0 Å². The SMILES string of the molecule is COc1cccc(CNC(=O)C2CCN(S(=O)(=O)c3c(C)noc3/C=C/c3ccco3)CC2)c1. The van der Waals surface area contributed by atoms with E-state index in [0.29, 0.717) is 25.1 Å². The van der Waals surface area contributed by atoms with Crippen molar-refractivity contribution >= 4 is 28.1 Å². The van der Waals surface area contributed by atoms with Crippen LogP contribution in [0.15, 0.2) is 56.5 Å². The molecule has 1 aromatic carbocycles. The summed E-state index contributed by atoms with van der Waals surface area (Å²) in [7, 11) is -2.24. The molecule has 3 heterocycles. The zero-order chi connectivity index (χ0) is 24.1. The highest BCUT2D eigenvalue weighted by molar-refractivity contribution is 7.89. The molecule has 34 heavy (non-hydrogen) atoms. The lowest BCUT2D eigenvalue weighted by Gasteiger charge is -2.30. The Morgan fingerprint density at radius 2 is 2.03 bits per heavy atom. The fourth-order valence-corrected chi connectivity index (χ4v) is 5.67. The average molecular weight is 486 g/mol. The summed E-state index contributed by atoms with van der Waals surface area (Å²) in [5.41, 5.74) is 1.23. The molecule has 1 aliphatic rings. The first-order chi connectivity index (χ1) is 16.4. The van der Waals surface area contributed by atoms with Crippen molar-refractivity contribution in [2.75, 3.05) is 20.2 Å².